The van der Waals surface area contributed by atoms with E-state index in [9.17, 15) is 18.8 Å². The third-order valence-corrected chi connectivity index (χ3v) is 3.17. The Balaban J connectivity index is 1.76. The van der Waals surface area contributed by atoms with Crippen molar-refractivity contribution in [1.82, 2.24) is 0 Å². The van der Waals surface area contributed by atoms with Gasteiger partial charge in [-0.3, -0.25) is 9.59 Å². The van der Waals surface area contributed by atoms with Crippen LogP contribution in [0.3, 0.4) is 0 Å². The van der Waals surface area contributed by atoms with Crippen LogP contribution in [0.4, 0.5) is 10.1 Å². The van der Waals surface area contributed by atoms with Crippen LogP contribution in [0.1, 0.15) is 10.4 Å². The fourth-order valence-corrected chi connectivity index (χ4v) is 1.92. The Hall–Kier alpha value is -2.93. The SMILES string of the molecule is O=Cc1ccc(OCC(=O)OCC(=O)Nc2cc(Cl)ccc2F)cc1. The molecule has 1 amide bonds. The molecule has 25 heavy (non-hydrogen) atoms. The van der Waals surface area contributed by atoms with Gasteiger partial charge in [-0.25, -0.2) is 9.18 Å². The molecule has 0 fully saturated rings. The first-order valence-corrected chi connectivity index (χ1v) is 7.44. The Morgan fingerprint density at radius 3 is 2.52 bits per heavy atom. The smallest absolute Gasteiger partial charge is 0.344 e. The lowest BCUT2D eigenvalue weighted by molar-refractivity contribution is -0.149. The topological polar surface area (TPSA) is 81.7 Å². The lowest BCUT2D eigenvalue weighted by atomic mass is 10.2. The molecule has 0 radical (unpaired) electrons. The zero-order valence-corrected chi connectivity index (χ0v) is 13.6. The van der Waals surface area contributed by atoms with Gasteiger partial charge in [0.2, 0.25) is 0 Å². The highest BCUT2D eigenvalue weighted by molar-refractivity contribution is 6.30. The van der Waals surface area contributed by atoms with Gasteiger partial charge in [-0.2, -0.15) is 0 Å². The van der Waals surface area contributed by atoms with Crippen molar-refractivity contribution >= 4 is 35.5 Å². The van der Waals surface area contributed by atoms with Gasteiger partial charge in [0.25, 0.3) is 5.91 Å². The summed E-state index contributed by atoms with van der Waals surface area (Å²) in [5.41, 5.74) is 0.361. The van der Waals surface area contributed by atoms with Crippen LogP contribution < -0.4 is 10.1 Å². The van der Waals surface area contributed by atoms with Crippen molar-refractivity contribution in [2.24, 2.45) is 0 Å². The molecule has 2 aromatic rings. The van der Waals surface area contributed by atoms with Crippen LogP contribution in [0.25, 0.3) is 0 Å². The summed E-state index contributed by atoms with van der Waals surface area (Å²) in [6.07, 6.45) is 0.680. The molecule has 1 N–H and O–H groups in total. The van der Waals surface area contributed by atoms with E-state index in [-0.39, 0.29) is 10.7 Å². The highest BCUT2D eigenvalue weighted by Gasteiger charge is 2.11. The molecule has 0 aliphatic rings. The van der Waals surface area contributed by atoms with Crippen LogP contribution in [0.5, 0.6) is 5.75 Å². The maximum absolute atomic E-state index is 13.5. The third kappa shape index (κ3) is 5.89. The summed E-state index contributed by atoms with van der Waals surface area (Å²) in [7, 11) is 0. The summed E-state index contributed by atoms with van der Waals surface area (Å²) in [6.45, 7) is -1.02. The van der Waals surface area contributed by atoms with E-state index in [0.717, 1.165) is 6.07 Å². The molecule has 2 aromatic carbocycles. The summed E-state index contributed by atoms with van der Waals surface area (Å²) >= 11 is 5.71. The fraction of sp³-hybridized carbons (Fsp3) is 0.118. The number of rotatable bonds is 7. The van der Waals surface area contributed by atoms with Gasteiger partial charge in [-0.15, -0.1) is 0 Å². The standard InChI is InChI=1S/C17H13ClFNO5/c18-12-3-6-14(19)15(7-12)20-16(22)9-25-17(23)10-24-13-4-1-11(8-21)2-5-13/h1-8H,9-10H2,(H,20,22). The van der Waals surface area contributed by atoms with Gasteiger partial charge in [0.1, 0.15) is 17.9 Å². The van der Waals surface area contributed by atoms with Gasteiger partial charge in [0.15, 0.2) is 13.2 Å². The first kappa shape index (κ1) is 18.4. The average molecular weight is 366 g/mol. The molecule has 0 heterocycles. The van der Waals surface area contributed by atoms with Crippen LogP contribution in [-0.2, 0) is 14.3 Å². The normalized spacial score (nSPS) is 10.0. The van der Waals surface area contributed by atoms with E-state index in [1.807, 2.05) is 0 Å². The largest absolute Gasteiger partial charge is 0.482 e. The zero-order valence-electron chi connectivity index (χ0n) is 12.8. The van der Waals surface area contributed by atoms with E-state index in [0.29, 0.717) is 17.6 Å². The van der Waals surface area contributed by atoms with Gasteiger partial charge >= 0.3 is 5.97 Å². The van der Waals surface area contributed by atoms with Gasteiger partial charge in [0, 0.05) is 10.6 Å². The number of nitrogens with one attached hydrogen (secondary N) is 1. The average Bonchev–Trinajstić information content (AvgIpc) is 2.61. The van der Waals surface area contributed by atoms with Crippen molar-refractivity contribution in [2.45, 2.75) is 0 Å². The second kappa shape index (κ2) is 8.79. The molecule has 0 aromatic heterocycles. The molecule has 2 rings (SSSR count). The van der Waals surface area contributed by atoms with Crippen molar-refractivity contribution in [3.05, 3.63) is 58.9 Å². The number of hydrogen-bond acceptors (Lipinski definition) is 5. The number of carbonyl (C=O) groups is 3. The van der Waals surface area contributed by atoms with Crippen LogP contribution >= 0.6 is 11.6 Å². The van der Waals surface area contributed by atoms with E-state index in [1.165, 1.54) is 36.4 Å². The van der Waals surface area contributed by atoms with Crippen LogP contribution in [0, 0.1) is 5.82 Å². The van der Waals surface area contributed by atoms with Gasteiger partial charge in [0.05, 0.1) is 5.69 Å². The van der Waals surface area contributed by atoms with E-state index in [2.05, 4.69) is 5.32 Å². The Morgan fingerprint density at radius 1 is 1.12 bits per heavy atom. The minimum atomic E-state index is -0.777. The number of amides is 1. The summed E-state index contributed by atoms with van der Waals surface area (Å²) in [6, 6.07) is 9.78. The first-order valence-electron chi connectivity index (χ1n) is 7.06. The predicted octanol–water partition coefficient (Wildman–Crippen LogP) is 2.85. The second-order valence-corrected chi connectivity index (χ2v) is 5.25. The maximum atomic E-state index is 13.5. The number of ether oxygens (including phenoxy) is 2. The number of aldehydes is 1. The third-order valence-electron chi connectivity index (χ3n) is 2.94. The van der Waals surface area contributed by atoms with Crippen molar-refractivity contribution in [2.75, 3.05) is 18.5 Å². The number of carbonyl (C=O) groups excluding carboxylic acids is 3. The molecule has 0 aliphatic heterocycles. The van der Waals surface area contributed by atoms with Crippen LogP contribution in [-0.4, -0.2) is 31.4 Å². The van der Waals surface area contributed by atoms with Crippen molar-refractivity contribution in [3.8, 4) is 5.75 Å². The number of esters is 1. The molecule has 0 spiro atoms. The first-order chi connectivity index (χ1) is 12.0. The molecular formula is C17H13ClFNO5. The van der Waals surface area contributed by atoms with E-state index in [1.54, 1.807) is 0 Å². The minimum Gasteiger partial charge on any atom is -0.482 e. The van der Waals surface area contributed by atoms with Crippen LogP contribution in [0.15, 0.2) is 42.5 Å². The molecule has 130 valence electrons. The van der Waals surface area contributed by atoms with Gasteiger partial charge in [-0.05, 0) is 42.5 Å². The Bertz CT molecular complexity index is 779. The highest BCUT2D eigenvalue weighted by atomic mass is 35.5. The summed E-state index contributed by atoms with van der Waals surface area (Å²) in [4.78, 5) is 33.7. The number of anilines is 1. The molecule has 0 unspecified atom stereocenters. The van der Waals surface area contributed by atoms with Gasteiger partial charge in [-0.1, -0.05) is 11.6 Å². The molecule has 8 heteroatoms. The maximum Gasteiger partial charge on any atom is 0.344 e. The molecular weight excluding hydrogens is 353 g/mol. The Kier molecular flexibility index (Phi) is 6.47. The quantitative estimate of drug-likeness (QED) is 0.602. The summed E-state index contributed by atoms with van der Waals surface area (Å²) in [5.74, 6) is -1.79. The van der Waals surface area contributed by atoms with E-state index < -0.39 is 30.9 Å². The molecule has 6 nitrogen and oxygen atoms in total. The minimum absolute atomic E-state index is 0.111. The summed E-state index contributed by atoms with van der Waals surface area (Å²) < 4.78 is 23.3. The monoisotopic (exact) mass is 365 g/mol. The van der Waals surface area contributed by atoms with Crippen molar-refractivity contribution in [3.63, 3.8) is 0 Å². The van der Waals surface area contributed by atoms with Crippen molar-refractivity contribution < 1.29 is 28.2 Å². The van der Waals surface area contributed by atoms with E-state index >= 15 is 0 Å². The molecule has 0 aliphatic carbocycles. The summed E-state index contributed by atoms with van der Waals surface area (Å²) in [5, 5.41) is 2.50. The molecule has 0 bridgehead atoms. The lowest BCUT2D eigenvalue weighted by Gasteiger charge is -2.09. The lowest BCUT2D eigenvalue weighted by Crippen LogP contribution is -2.24. The molecule has 0 atom stereocenters. The second-order valence-electron chi connectivity index (χ2n) is 4.81. The van der Waals surface area contributed by atoms with Crippen molar-refractivity contribution in [1.29, 1.82) is 0 Å². The fourth-order valence-electron chi connectivity index (χ4n) is 1.75. The van der Waals surface area contributed by atoms with E-state index in [4.69, 9.17) is 21.1 Å². The number of hydrogen-bond donors (Lipinski definition) is 1. The predicted molar refractivity (Wildman–Crippen MR) is 88.3 cm³/mol. The Morgan fingerprint density at radius 2 is 1.84 bits per heavy atom. The number of benzene rings is 2. The zero-order chi connectivity index (χ0) is 18.2. The molecule has 0 saturated heterocycles. The number of halogens is 2. The Labute approximate surface area is 147 Å². The molecule has 0 saturated carbocycles. The van der Waals surface area contributed by atoms with Gasteiger partial charge < -0.3 is 14.8 Å². The van der Waals surface area contributed by atoms with Crippen LogP contribution in [0.2, 0.25) is 5.02 Å². The highest BCUT2D eigenvalue weighted by Crippen LogP contribution is 2.19.